The lowest BCUT2D eigenvalue weighted by Crippen LogP contribution is -2.41. The van der Waals surface area contributed by atoms with Gasteiger partial charge in [-0.15, -0.1) is 0 Å². The van der Waals surface area contributed by atoms with Crippen molar-refractivity contribution in [1.29, 1.82) is 5.26 Å². The smallest absolute Gasteiger partial charge is 0.254 e. The number of nitrogens with one attached hydrogen (secondary N) is 1. The Labute approximate surface area is 178 Å². The predicted octanol–water partition coefficient (Wildman–Crippen LogP) is 1.98. The first kappa shape index (κ1) is 20.3. The van der Waals surface area contributed by atoms with Gasteiger partial charge in [0.15, 0.2) is 0 Å². The minimum absolute atomic E-state index is 0.220. The van der Waals surface area contributed by atoms with Gasteiger partial charge in [-0.25, -0.2) is 0 Å². The first-order valence-electron chi connectivity index (χ1n) is 9.86. The van der Waals surface area contributed by atoms with Gasteiger partial charge >= 0.3 is 0 Å². The van der Waals surface area contributed by atoms with Crippen molar-refractivity contribution in [3.63, 3.8) is 0 Å². The van der Waals surface area contributed by atoms with Crippen molar-refractivity contribution in [3.05, 3.63) is 76.1 Å². The van der Waals surface area contributed by atoms with Crippen LogP contribution in [0, 0.1) is 11.3 Å². The summed E-state index contributed by atoms with van der Waals surface area (Å²) in [7, 11) is 0. The van der Waals surface area contributed by atoms with E-state index in [1.54, 1.807) is 53.4 Å². The van der Waals surface area contributed by atoms with E-state index in [2.05, 4.69) is 5.32 Å². The summed E-state index contributed by atoms with van der Waals surface area (Å²) in [6.07, 6.45) is 0. The molecule has 3 aromatic rings. The zero-order valence-electron chi connectivity index (χ0n) is 16.7. The van der Waals surface area contributed by atoms with E-state index in [1.165, 1.54) is 10.6 Å². The van der Waals surface area contributed by atoms with Gasteiger partial charge in [-0.1, -0.05) is 24.3 Å². The monoisotopic (exact) mass is 416 g/mol. The summed E-state index contributed by atoms with van der Waals surface area (Å²) in [4.78, 5) is 40.2. The molecule has 8 heteroatoms. The van der Waals surface area contributed by atoms with Gasteiger partial charge in [0.2, 0.25) is 5.91 Å². The molecule has 1 saturated heterocycles. The van der Waals surface area contributed by atoms with Crippen LogP contribution in [0.2, 0.25) is 0 Å². The number of morpholine rings is 1. The third kappa shape index (κ3) is 4.32. The lowest BCUT2D eigenvalue weighted by molar-refractivity contribution is -0.116. The number of hydrogen-bond donors (Lipinski definition) is 1. The van der Waals surface area contributed by atoms with Gasteiger partial charge in [0.05, 0.1) is 35.9 Å². The van der Waals surface area contributed by atoms with E-state index in [1.807, 2.05) is 6.07 Å². The fraction of sp³-hybridized carbons (Fsp3) is 0.217. The van der Waals surface area contributed by atoms with Crippen molar-refractivity contribution in [2.75, 3.05) is 31.6 Å². The Morgan fingerprint density at radius 1 is 1.06 bits per heavy atom. The second kappa shape index (κ2) is 8.81. The zero-order chi connectivity index (χ0) is 21.8. The SMILES string of the molecule is N#Cc1cccc(NC(=O)Cn2c(=O)cc(C(=O)N3CCOCC3)c3ccccc32)c1. The molecule has 2 heterocycles. The molecule has 0 bridgehead atoms. The molecule has 2 amide bonds. The number of nitriles is 1. The van der Waals surface area contributed by atoms with E-state index in [9.17, 15) is 14.4 Å². The number of anilines is 1. The number of benzene rings is 2. The molecule has 0 spiro atoms. The number of carbonyl (C=O) groups is 2. The van der Waals surface area contributed by atoms with Crippen LogP contribution in [0.1, 0.15) is 15.9 Å². The van der Waals surface area contributed by atoms with Crippen LogP contribution in [0.4, 0.5) is 5.69 Å². The average molecular weight is 416 g/mol. The van der Waals surface area contributed by atoms with Crippen LogP contribution in [0.5, 0.6) is 0 Å². The number of fused-ring (bicyclic) bond motifs is 1. The van der Waals surface area contributed by atoms with Gasteiger partial charge in [-0.05, 0) is 24.3 Å². The molecular weight excluding hydrogens is 396 g/mol. The van der Waals surface area contributed by atoms with Crippen LogP contribution in [0.25, 0.3) is 10.9 Å². The van der Waals surface area contributed by atoms with Crippen molar-refractivity contribution in [3.8, 4) is 6.07 Å². The summed E-state index contributed by atoms with van der Waals surface area (Å²) < 4.78 is 6.64. The Morgan fingerprint density at radius 3 is 2.61 bits per heavy atom. The lowest BCUT2D eigenvalue weighted by atomic mass is 10.1. The summed E-state index contributed by atoms with van der Waals surface area (Å²) in [6, 6.07) is 16.9. The van der Waals surface area contributed by atoms with Gasteiger partial charge in [0, 0.05) is 30.2 Å². The van der Waals surface area contributed by atoms with Crippen LogP contribution in [-0.2, 0) is 16.1 Å². The molecule has 156 valence electrons. The van der Waals surface area contributed by atoms with E-state index in [4.69, 9.17) is 10.00 Å². The molecule has 31 heavy (non-hydrogen) atoms. The molecule has 0 saturated carbocycles. The number of pyridine rings is 1. The summed E-state index contributed by atoms with van der Waals surface area (Å²) >= 11 is 0. The topological polar surface area (TPSA) is 104 Å². The minimum atomic E-state index is -0.434. The fourth-order valence-electron chi connectivity index (χ4n) is 3.62. The van der Waals surface area contributed by atoms with Crippen LogP contribution in [0.15, 0.2) is 59.4 Å². The maximum atomic E-state index is 13.0. The number of aromatic nitrogens is 1. The molecule has 1 aromatic heterocycles. The van der Waals surface area contributed by atoms with Gasteiger partial charge in [0.25, 0.3) is 11.5 Å². The molecule has 1 aliphatic heterocycles. The van der Waals surface area contributed by atoms with Crippen LogP contribution < -0.4 is 10.9 Å². The van der Waals surface area contributed by atoms with E-state index in [-0.39, 0.29) is 12.5 Å². The van der Waals surface area contributed by atoms with Crippen molar-refractivity contribution < 1.29 is 14.3 Å². The summed E-state index contributed by atoms with van der Waals surface area (Å²) in [5, 5.41) is 12.3. The summed E-state index contributed by atoms with van der Waals surface area (Å²) in [6.45, 7) is 1.66. The Balaban J connectivity index is 1.65. The van der Waals surface area contributed by atoms with E-state index < -0.39 is 11.5 Å². The number of amides is 2. The second-order valence-corrected chi connectivity index (χ2v) is 7.14. The number of para-hydroxylation sites is 1. The first-order chi connectivity index (χ1) is 15.1. The summed E-state index contributed by atoms with van der Waals surface area (Å²) in [5.74, 6) is -0.629. The van der Waals surface area contributed by atoms with Gasteiger partial charge in [0.1, 0.15) is 6.54 Å². The number of rotatable bonds is 4. The highest BCUT2D eigenvalue weighted by Crippen LogP contribution is 2.19. The number of nitrogens with zero attached hydrogens (tertiary/aromatic N) is 3. The maximum Gasteiger partial charge on any atom is 0.254 e. The third-order valence-electron chi connectivity index (χ3n) is 5.12. The quantitative estimate of drug-likeness (QED) is 0.700. The minimum Gasteiger partial charge on any atom is -0.378 e. The van der Waals surface area contributed by atoms with E-state index >= 15 is 0 Å². The number of hydrogen-bond acceptors (Lipinski definition) is 5. The van der Waals surface area contributed by atoms with Crippen molar-refractivity contribution in [2.45, 2.75) is 6.54 Å². The fourth-order valence-corrected chi connectivity index (χ4v) is 3.62. The number of ether oxygens (including phenoxy) is 1. The van der Waals surface area contributed by atoms with Gasteiger partial charge < -0.3 is 15.0 Å². The van der Waals surface area contributed by atoms with Crippen LogP contribution in [0.3, 0.4) is 0 Å². The van der Waals surface area contributed by atoms with Gasteiger partial charge in [-0.2, -0.15) is 5.26 Å². The third-order valence-corrected chi connectivity index (χ3v) is 5.12. The molecule has 1 N–H and O–H groups in total. The normalized spacial score (nSPS) is 13.6. The first-order valence-corrected chi connectivity index (χ1v) is 9.86. The molecule has 0 unspecified atom stereocenters. The molecule has 8 nitrogen and oxygen atoms in total. The summed E-state index contributed by atoms with van der Waals surface area (Å²) in [5.41, 5.74) is 1.29. The standard InChI is InChI=1S/C23H20N4O4/c24-14-16-4-3-5-17(12-16)25-21(28)15-27-20-7-2-1-6-18(20)19(13-22(27)29)23(30)26-8-10-31-11-9-26/h1-7,12-13H,8-11,15H2,(H,25,28). The van der Waals surface area contributed by atoms with Crippen molar-refractivity contribution in [2.24, 2.45) is 0 Å². The largest absolute Gasteiger partial charge is 0.378 e. The highest BCUT2D eigenvalue weighted by molar-refractivity contribution is 6.06. The Hall–Kier alpha value is -3.96. The molecule has 2 aromatic carbocycles. The molecule has 1 fully saturated rings. The molecule has 0 radical (unpaired) electrons. The highest BCUT2D eigenvalue weighted by Gasteiger charge is 2.22. The van der Waals surface area contributed by atoms with Crippen molar-refractivity contribution in [1.82, 2.24) is 9.47 Å². The zero-order valence-corrected chi connectivity index (χ0v) is 16.7. The Bertz CT molecular complexity index is 1250. The average Bonchev–Trinajstić information content (AvgIpc) is 2.81. The van der Waals surface area contributed by atoms with Crippen LogP contribution in [-0.4, -0.2) is 47.6 Å². The van der Waals surface area contributed by atoms with Crippen LogP contribution >= 0.6 is 0 Å². The molecular formula is C23H20N4O4. The Kier molecular flexibility index (Phi) is 5.78. The van der Waals surface area contributed by atoms with Crippen molar-refractivity contribution >= 4 is 28.4 Å². The second-order valence-electron chi connectivity index (χ2n) is 7.14. The molecule has 1 aliphatic rings. The highest BCUT2D eigenvalue weighted by atomic mass is 16.5. The molecule has 0 atom stereocenters. The molecule has 4 rings (SSSR count). The lowest BCUT2D eigenvalue weighted by Gasteiger charge is -2.27. The van der Waals surface area contributed by atoms with E-state index in [0.29, 0.717) is 54.0 Å². The number of carbonyl (C=O) groups excluding carboxylic acids is 2. The van der Waals surface area contributed by atoms with Gasteiger partial charge in [-0.3, -0.25) is 19.0 Å². The predicted molar refractivity (Wildman–Crippen MR) is 115 cm³/mol. The molecule has 0 aliphatic carbocycles. The maximum absolute atomic E-state index is 13.0. The Morgan fingerprint density at radius 2 is 1.84 bits per heavy atom. The van der Waals surface area contributed by atoms with E-state index in [0.717, 1.165) is 0 Å².